The number of aryl methyl sites for hydroxylation is 1. The predicted octanol–water partition coefficient (Wildman–Crippen LogP) is 3.29. The van der Waals surface area contributed by atoms with Crippen LogP contribution in [0.3, 0.4) is 0 Å². The molecule has 22 heavy (non-hydrogen) atoms. The number of methoxy groups -OCH3 is 1. The molecule has 0 spiro atoms. The van der Waals surface area contributed by atoms with Gasteiger partial charge in [0.2, 0.25) is 0 Å². The van der Waals surface area contributed by atoms with Crippen molar-refractivity contribution in [2.24, 2.45) is 0 Å². The monoisotopic (exact) mass is 379 g/mol. The van der Waals surface area contributed by atoms with Crippen LogP contribution in [0.25, 0.3) is 0 Å². The molecular formula is C15H14BrN3O2S. The number of halogens is 1. The number of thiocarbonyl (C=S) groups is 1. The Labute approximate surface area is 142 Å². The van der Waals surface area contributed by atoms with Crippen LogP contribution in [0, 0.1) is 6.92 Å². The quantitative estimate of drug-likeness (QED) is 0.801. The van der Waals surface area contributed by atoms with Crippen molar-refractivity contribution in [3.63, 3.8) is 0 Å². The number of rotatable bonds is 3. The molecule has 0 radical (unpaired) electrons. The maximum absolute atomic E-state index is 12.3. The van der Waals surface area contributed by atoms with Crippen LogP contribution in [-0.4, -0.2) is 23.1 Å². The highest BCUT2D eigenvalue weighted by Crippen LogP contribution is 2.22. The summed E-state index contributed by atoms with van der Waals surface area (Å²) in [6, 6.07) is 8.87. The van der Waals surface area contributed by atoms with Crippen molar-refractivity contribution in [1.82, 2.24) is 10.3 Å². The second-order valence-electron chi connectivity index (χ2n) is 4.47. The number of anilines is 1. The van der Waals surface area contributed by atoms with Crippen molar-refractivity contribution in [3.8, 4) is 5.75 Å². The normalized spacial score (nSPS) is 9.95. The zero-order valence-electron chi connectivity index (χ0n) is 12.0. The maximum Gasteiger partial charge on any atom is 0.261 e. The minimum absolute atomic E-state index is 0.171. The molecule has 2 N–H and O–H groups in total. The van der Waals surface area contributed by atoms with E-state index in [2.05, 4.69) is 31.5 Å². The number of aromatic nitrogens is 1. The summed E-state index contributed by atoms with van der Waals surface area (Å²) in [4.78, 5) is 16.4. The first-order chi connectivity index (χ1) is 10.5. The van der Waals surface area contributed by atoms with Crippen LogP contribution in [0.4, 0.5) is 5.82 Å². The Hall–Kier alpha value is -1.99. The number of nitrogens with one attached hydrogen (secondary N) is 2. The van der Waals surface area contributed by atoms with Gasteiger partial charge in [0.1, 0.15) is 11.6 Å². The van der Waals surface area contributed by atoms with Crippen LogP contribution in [0.1, 0.15) is 15.9 Å². The van der Waals surface area contributed by atoms with E-state index in [0.29, 0.717) is 17.1 Å². The topological polar surface area (TPSA) is 63.2 Å². The molecule has 0 bridgehead atoms. The molecule has 0 aliphatic carbocycles. The molecule has 0 saturated carbocycles. The van der Waals surface area contributed by atoms with Crippen LogP contribution in [0.2, 0.25) is 0 Å². The third-order valence-corrected chi connectivity index (χ3v) is 3.49. The fourth-order valence-electron chi connectivity index (χ4n) is 1.78. The molecule has 0 fully saturated rings. The average Bonchev–Trinajstić information content (AvgIpc) is 2.47. The Morgan fingerprint density at radius 3 is 2.77 bits per heavy atom. The van der Waals surface area contributed by atoms with Gasteiger partial charge in [-0.1, -0.05) is 15.9 Å². The molecule has 0 atom stereocenters. The largest absolute Gasteiger partial charge is 0.496 e. The van der Waals surface area contributed by atoms with Gasteiger partial charge in [-0.3, -0.25) is 10.1 Å². The molecule has 1 amide bonds. The summed E-state index contributed by atoms with van der Waals surface area (Å²) in [6.07, 6.45) is 1.67. The summed E-state index contributed by atoms with van der Waals surface area (Å²) in [6.45, 7) is 1.95. The molecule has 0 saturated heterocycles. The third-order valence-electron chi connectivity index (χ3n) is 2.79. The molecule has 114 valence electrons. The van der Waals surface area contributed by atoms with E-state index in [1.807, 2.05) is 19.1 Å². The lowest BCUT2D eigenvalue weighted by atomic mass is 10.2. The van der Waals surface area contributed by atoms with E-state index >= 15 is 0 Å². The predicted molar refractivity (Wildman–Crippen MR) is 93.4 cm³/mol. The highest BCUT2D eigenvalue weighted by Gasteiger charge is 2.14. The third kappa shape index (κ3) is 4.25. The van der Waals surface area contributed by atoms with Gasteiger partial charge in [0.15, 0.2) is 5.11 Å². The smallest absolute Gasteiger partial charge is 0.261 e. The molecular weight excluding hydrogens is 366 g/mol. The van der Waals surface area contributed by atoms with Crippen LogP contribution in [0.5, 0.6) is 5.75 Å². The van der Waals surface area contributed by atoms with Gasteiger partial charge in [-0.05, 0) is 55.0 Å². The molecule has 1 heterocycles. The standard InChI is InChI=1S/C15H14BrN3O2S/c1-9-5-6-17-13(7-9)18-15(22)19-14(20)11-8-10(16)3-4-12(11)21-2/h3-8H,1-2H3,(H2,17,18,19,20,22). The number of hydrogen-bond donors (Lipinski definition) is 2. The van der Waals surface area contributed by atoms with Crippen LogP contribution in [0.15, 0.2) is 41.0 Å². The van der Waals surface area contributed by atoms with Gasteiger partial charge in [0.05, 0.1) is 12.7 Å². The molecule has 7 heteroatoms. The fraction of sp³-hybridized carbons (Fsp3) is 0.133. The number of carbonyl (C=O) groups excluding carboxylic acids is 1. The number of carbonyl (C=O) groups is 1. The van der Waals surface area contributed by atoms with E-state index in [4.69, 9.17) is 17.0 Å². The van der Waals surface area contributed by atoms with Crippen molar-refractivity contribution in [1.29, 1.82) is 0 Å². The minimum Gasteiger partial charge on any atom is -0.496 e. The first-order valence-electron chi connectivity index (χ1n) is 6.38. The van der Waals surface area contributed by atoms with Gasteiger partial charge in [-0.25, -0.2) is 4.98 Å². The number of pyridine rings is 1. The van der Waals surface area contributed by atoms with Crippen LogP contribution in [-0.2, 0) is 0 Å². The summed E-state index contributed by atoms with van der Waals surface area (Å²) < 4.78 is 5.95. The van der Waals surface area contributed by atoms with E-state index in [-0.39, 0.29) is 11.0 Å². The van der Waals surface area contributed by atoms with Crippen molar-refractivity contribution in [2.45, 2.75) is 6.92 Å². The van der Waals surface area contributed by atoms with Crippen molar-refractivity contribution < 1.29 is 9.53 Å². The summed E-state index contributed by atoms with van der Waals surface area (Å²) in [5, 5.41) is 5.65. The van der Waals surface area contributed by atoms with Gasteiger partial charge in [-0.15, -0.1) is 0 Å². The Morgan fingerprint density at radius 1 is 1.32 bits per heavy atom. The van der Waals surface area contributed by atoms with Crippen molar-refractivity contribution >= 4 is 45.0 Å². The van der Waals surface area contributed by atoms with Gasteiger partial charge >= 0.3 is 0 Å². The molecule has 2 rings (SSSR count). The zero-order valence-corrected chi connectivity index (χ0v) is 14.4. The van der Waals surface area contributed by atoms with E-state index in [0.717, 1.165) is 10.0 Å². The SMILES string of the molecule is COc1ccc(Br)cc1C(=O)NC(=S)Nc1cc(C)ccn1. The van der Waals surface area contributed by atoms with Crippen molar-refractivity contribution in [3.05, 3.63) is 52.1 Å². The Morgan fingerprint density at radius 2 is 2.09 bits per heavy atom. The summed E-state index contributed by atoms with van der Waals surface area (Å²) >= 11 is 8.46. The summed E-state index contributed by atoms with van der Waals surface area (Å²) in [7, 11) is 1.51. The molecule has 5 nitrogen and oxygen atoms in total. The molecule has 0 aliphatic heterocycles. The van der Waals surface area contributed by atoms with Crippen LogP contribution >= 0.6 is 28.1 Å². The minimum atomic E-state index is -0.358. The van der Waals surface area contributed by atoms with E-state index in [1.54, 1.807) is 24.4 Å². The van der Waals surface area contributed by atoms with Crippen molar-refractivity contribution in [2.75, 3.05) is 12.4 Å². The Balaban J connectivity index is 2.08. The molecule has 0 unspecified atom stereocenters. The lowest BCUT2D eigenvalue weighted by molar-refractivity contribution is 0.0974. The highest BCUT2D eigenvalue weighted by molar-refractivity contribution is 9.10. The van der Waals surface area contributed by atoms with Crippen LogP contribution < -0.4 is 15.4 Å². The summed E-state index contributed by atoms with van der Waals surface area (Å²) in [5.41, 5.74) is 1.43. The zero-order chi connectivity index (χ0) is 16.1. The van der Waals surface area contributed by atoms with Gasteiger partial charge in [-0.2, -0.15) is 0 Å². The second kappa shape index (κ2) is 7.33. The van der Waals surface area contributed by atoms with Gasteiger partial charge < -0.3 is 10.1 Å². The molecule has 1 aromatic heterocycles. The van der Waals surface area contributed by atoms with E-state index in [9.17, 15) is 4.79 Å². The first kappa shape index (κ1) is 16.4. The number of ether oxygens (including phenoxy) is 1. The number of amides is 1. The average molecular weight is 380 g/mol. The lowest BCUT2D eigenvalue weighted by Gasteiger charge is -2.11. The highest BCUT2D eigenvalue weighted by atomic mass is 79.9. The lowest BCUT2D eigenvalue weighted by Crippen LogP contribution is -2.34. The van der Waals surface area contributed by atoms with Gasteiger partial charge in [0.25, 0.3) is 5.91 Å². The molecule has 2 aromatic rings. The molecule has 1 aromatic carbocycles. The number of nitrogens with zero attached hydrogens (tertiary/aromatic N) is 1. The van der Waals surface area contributed by atoms with E-state index in [1.165, 1.54) is 7.11 Å². The Bertz CT molecular complexity index is 722. The summed E-state index contributed by atoms with van der Waals surface area (Å²) in [5.74, 6) is 0.687. The number of benzene rings is 1. The first-order valence-corrected chi connectivity index (χ1v) is 7.58. The maximum atomic E-state index is 12.3. The molecule has 0 aliphatic rings. The van der Waals surface area contributed by atoms with Gasteiger partial charge in [0, 0.05) is 10.7 Å². The number of hydrogen-bond acceptors (Lipinski definition) is 4. The van der Waals surface area contributed by atoms with E-state index < -0.39 is 0 Å². The second-order valence-corrected chi connectivity index (χ2v) is 5.80. The Kier molecular flexibility index (Phi) is 5.46. The fourth-order valence-corrected chi connectivity index (χ4v) is 2.34.